The van der Waals surface area contributed by atoms with E-state index in [1.165, 1.54) is 0 Å². The van der Waals surface area contributed by atoms with Crippen molar-refractivity contribution in [1.29, 1.82) is 0 Å². The number of amides is 1. The molecule has 1 aliphatic rings. The Labute approximate surface area is 93.0 Å². The zero-order valence-electron chi connectivity index (χ0n) is 10.2. The van der Waals surface area contributed by atoms with Crippen molar-refractivity contribution in [3.05, 3.63) is 0 Å². The molecule has 0 aromatic rings. The summed E-state index contributed by atoms with van der Waals surface area (Å²) in [7, 11) is 0. The van der Waals surface area contributed by atoms with Crippen LogP contribution in [0.5, 0.6) is 0 Å². The van der Waals surface area contributed by atoms with Gasteiger partial charge in [-0.15, -0.1) is 0 Å². The molecule has 88 valence electrons. The topological polar surface area (TPSA) is 41.1 Å². The molecule has 0 aromatic carbocycles. The SMILES string of the molecule is CC(C)CC(C)NC1CCCCNC1=O. The second-order valence-corrected chi connectivity index (χ2v) is 5.04. The zero-order chi connectivity index (χ0) is 11.3. The van der Waals surface area contributed by atoms with Gasteiger partial charge in [0.25, 0.3) is 0 Å². The van der Waals surface area contributed by atoms with E-state index in [1.54, 1.807) is 0 Å². The number of nitrogens with one attached hydrogen (secondary N) is 2. The maximum atomic E-state index is 11.7. The molecule has 1 aliphatic heterocycles. The van der Waals surface area contributed by atoms with E-state index in [2.05, 4.69) is 31.4 Å². The second-order valence-electron chi connectivity index (χ2n) is 5.04. The summed E-state index contributed by atoms with van der Waals surface area (Å²) in [5, 5.41) is 6.38. The van der Waals surface area contributed by atoms with Crippen molar-refractivity contribution in [1.82, 2.24) is 10.6 Å². The number of rotatable bonds is 4. The lowest BCUT2D eigenvalue weighted by molar-refractivity contribution is -0.123. The molecule has 1 saturated heterocycles. The van der Waals surface area contributed by atoms with Gasteiger partial charge in [-0.2, -0.15) is 0 Å². The van der Waals surface area contributed by atoms with E-state index in [9.17, 15) is 4.79 Å². The minimum absolute atomic E-state index is 0.0289. The minimum atomic E-state index is 0.0289. The van der Waals surface area contributed by atoms with Crippen LogP contribution >= 0.6 is 0 Å². The first-order valence-electron chi connectivity index (χ1n) is 6.13. The Morgan fingerprint density at radius 3 is 2.80 bits per heavy atom. The van der Waals surface area contributed by atoms with E-state index in [-0.39, 0.29) is 11.9 Å². The van der Waals surface area contributed by atoms with Crippen LogP contribution in [0.1, 0.15) is 46.5 Å². The maximum absolute atomic E-state index is 11.7. The Bertz CT molecular complexity index is 204. The smallest absolute Gasteiger partial charge is 0.237 e. The molecule has 3 heteroatoms. The van der Waals surface area contributed by atoms with Crippen molar-refractivity contribution < 1.29 is 4.79 Å². The van der Waals surface area contributed by atoms with Crippen molar-refractivity contribution in [2.45, 2.75) is 58.5 Å². The third-order valence-electron chi connectivity index (χ3n) is 2.85. The fourth-order valence-electron chi connectivity index (χ4n) is 2.22. The van der Waals surface area contributed by atoms with E-state index >= 15 is 0 Å². The molecule has 1 fully saturated rings. The molecular formula is C12H24N2O. The molecule has 0 aromatic heterocycles. The molecular weight excluding hydrogens is 188 g/mol. The highest BCUT2D eigenvalue weighted by Crippen LogP contribution is 2.09. The van der Waals surface area contributed by atoms with Crippen LogP contribution < -0.4 is 10.6 Å². The molecule has 3 nitrogen and oxygen atoms in total. The van der Waals surface area contributed by atoms with Crippen molar-refractivity contribution in [3.8, 4) is 0 Å². The fourth-order valence-corrected chi connectivity index (χ4v) is 2.22. The molecule has 2 atom stereocenters. The number of carbonyl (C=O) groups excluding carboxylic acids is 1. The summed E-state index contributed by atoms with van der Waals surface area (Å²) in [4.78, 5) is 11.7. The van der Waals surface area contributed by atoms with Crippen molar-refractivity contribution in [2.24, 2.45) is 5.92 Å². The molecule has 0 saturated carbocycles. The zero-order valence-corrected chi connectivity index (χ0v) is 10.2. The lowest BCUT2D eigenvalue weighted by atomic mass is 10.0. The van der Waals surface area contributed by atoms with Crippen molar-refractivity contribution >= 4 is 5.91 Å². The van der Waals surface area contributed by atoms with Gasteiger partial charge in [0, 0.05) is 12.6 Å². The van der Waals surface area contributed by atoms with Gasteiger partial charge in [-0.05, 0) is 38.5 Å². The van der Waals surface area contributed by atoms with Gasteiger partial charge in [-0.25, -0.2) is 0 Å². The molecule has 1 rings (SSSR count). The Kier molecular flexibility index (Phi) is 5.09. The summed E-state index contributed by atoms with van der Waals surface area (Å²) in [6.07, 6.45) is 4.37. The summed E-state index contributed by atoms with van der Waals surface area (Å²) in [5.74, 6) is 0.865. The summed E-state index contributed by atoms with van der Waals surface area (Å²) >= 11 is 0. The highest BCUT2D eigenvalue weighted by Gasteiger charge is 2.21. The van der Waals surface area contributed by atoms with Gasteiger partial charge in [0.1, 0.15) is 0 Å². The fraction of sp³-hybridized carbons (Fsp3) is 0.917. The van der Waals surface area contributed by atoms with Gasteiger partial charge in [-0.1, -0.05) is 13.8 Å². The number of hydrogen-bond donors (Lipinski definition) is 2. The van der Waals surface area contributed by atoms with E-state index < -0.39 is 0 Å². The Hall–Kier alpha value is -0.570. The van der Waals surface area contributed by atoms with Gasteiger partial charge < -0.3 is 10.6 Å². The van der Waals surface area contributed by atoms with Crippen molar-refractivity contribution in [2.75, 3.05) is 6.54 Å². The average molecular weight is 212 g/mol. The largest absolute Gasteiger partial charge is 0.355 e. The summed E-state index contributed by atoms with van der Waals surface area (Å²) in [6, 6.07) is 0.458. The van der Waals surface area contributed by atoms with E-state index in [0.717, 1.165) is 32.2 Å². The Balaban J connectivity index is 2.37. The molecule has 15 heavy (non-hydrogen) atoms. The molecule has 0 radical (unpaired) electrons. The van der Waals surface area contributed by atoms with Crippen LogP contribution in [-0.2, 0) is 4.79 Å². The Morgan fingerprint density at radius 1 is 1.40 bits per heavy atom. The molecule has 0 spiro atoms. The Morgan fingerprint density at radius 2 is 2.13 bits per heavy atom. The average Bonchev–Trinajstić information content (AvgIpc) is 2.30. The minimum Gasteiger partial charge on any atom is -0.355 e. The molecule has 1 heterocycles. The van der Waals surface area contributed by atoms with Crippen molar-refractivity contribution in [3.63, 3.8) is 0 Å². The third-order valence-corrected chi connectivity index (χ3v) is 2.85. The number of carbonyl (C=O) groups is 1. The van der Waals surface area contributed by atoms with Gasteiger partial charge in [0.05, 0.1) is 6.04 Å². The first-order chi connectivity index (χ1) is 7.09. The lowest BCUT2D eigenvalue weighted by Gasteiger charge is -2.22. The van der Waals surface area contributed by atoms with Gasteiger partial charge in [0.15, 0.2) is 0 Å². The normalized spacial score (nSPS) is 24.8. The van der Waals surface area contributed by atoms with Gasteiger partial charge in [-0.3, -0.25) is 4.79 Å². The summed E-state index contributed by atoms with van der Waals surface area (Å²) < 4.78 is 0. The highest BCUT2D eigenvalue weighted by molar-refractivity contribution is 5.81. The van der Waals surface area contributed by atoms with Gasteiger partial charge in [0.2, 0.25) is 5.91 Å². The van der Waals surface area contributed by atoms with E-state index in [4.69, 9.17) is 0 Å². The monoisotopic (exact) mass is 212 g/mol. The van der Waals surface area contributed by atoms with Gasteiger partial charge >= 0.3 is 0 Å². The molecule has 0 aliphatic carbocycles. The third kappa shape index (κ3) is 4.65. The predicted octanol–water partition coefficient (Wildman–Crippen LogP) is 1.68. The predicted molar refractivity (Wildman–Crippen MR) is 62.7 cm³/mol. The summed E-state index contributed by atoms with van der Waals surface area (Å²) in [6.45, 7) is 7.43. The van der Waals surface area contributed by atoms with E-state index in [1.807, 2.05) is 0 Å². The summed E-state index contributed by atoms with van der Waals surface area (Å²) in [5.41, 5.74) is 0. The van der Waals surface area contributed by atoms with Crippen LogP contribution in [0.25, 0.3) is 0 Å². The van der Waals surface area contributed by atoms with Crippen LogP contribution in [0.4, 0.5) is 0 Å². The van der Waals surface area contributed by atoms with Crippen LogP contribution in [0, 0.1) is 5.92 Å². The highest BCUT2D eigenvalue weighted by atomic mass is 16.2. The van der Waals surface area contributed by atoms with Crippen LogP contribution in [0.3, 0.4) is 0 Å². The lowest BCUT2D eigenvalue weighted by Crippen LogP contribution is -2.46. The van der Waals surface area contributed by atoms with Crippen LogP contribution in [-0.4, -0.2) is 24.5 Å². The van der Waals surface area contributed by atoms with Crippen LogP contribution in [0.15, 0.2) is 0 Å². The molecule has 0 bridgehead atoms. The first kappa shape index (κ1) is 12.5. The molecule has 2 N–H and O–H groups in total. The molecule has 2 unspecified atom stereocenters. The van der Waals surface area contributed by atoms with E-state index in [0.29, 0.717) is 12.0 Å². The standard InChI is InChI=1S/C12H24N2O/c1-9(2)8-10(3)14-11-6-4-5-7-13-12(11)15/h9-11,14H,4-8H2,1-3H3,(H,13,15). The molecule has 1 amide bonds. The maximum Gasteiger partial charge on any atom is 0.237 e. The number of hydrogen-bond acceptors (Lipinski definition) is 2. The first-order valence-corrected chi connectivity index (χ1v) is 6.13. The van der Waals surface area contributed by atoms with Crippen LogP contribution in [0.2, 0.25) is 0 Å². The second kappa shape index (κ2) is 6.11. The quantitative estimate of drug-likeness (QED) is 0.744.